The SMILES string of the molecule is CCNC1(C#N)CCN2CCCCC21. The average molecular weight is 193 g/mol. The Morgan fingerprint density at radius 3 is 3.07 bits per heavy atom. The number of nitrogens with one attached hydrogen (secondary N) is 1. The summed E-state index contributed by atoms with van der Waals surface area (Å²) >= 11 is 0. The highest BCUT2D eigenvalue weighted by Crippen LogP contribution is 2.34. The van der Waals surface area contributed by atoms with Gasteiger partial charge < -0.3 is 0 Å². The van der Waals surface area contributed by atoms with E-state index in [1.54, 1.807) is 0 Å². The van der Waals surface area contributed by atoms with Crippen LogP contribution in [0.1, 0.15) is 32.6 Å². The zero-order chi connectivity index (χ0) is 10.0. The highest BCUT2D eigenvalue weighted by atomic mass is 15.2. The van der Waals surface area contributed by atoms with E-state index in [9.17, 15) is 5.26 Å². The van der Waals surface area contributed by atoms with E-state index in [0.29, 0.717) is 6.04 Å². The monoisotopic (exact) mass is 193 g/mol. The highest BCUT2D eigenvalue weighted by Gasteiger charge is 2.47. The first-order chi connectivity index (χ1) is 6.82. The fraction of sp³-hybridized carbons (Fsp3) is 0.909. The van der Waals surface area contributed by atoms with Crippen LogP contribution in [0.2, 0.25) is 0 Å². The van der Waals surface area contributed by atoms with Crippen molar-refractivity contribution in [3.63, 3.8) is 0 Å². The maximum absolute atomic E-state index is 9.35. The van der Waals surface area contributed by atoms with Gasteiger partial charge in [0.1, 0.15) is 5.54 Å². The van der Waals surface area contributed by atoms with E-state index in [1.807, 2.05) is 0 Å². The molecule has 14 heavy (non-hydrogen) atoms. The highest BCUT2D eigenvalue weighted by molar-refractivity contribution is 5.18. The Morgan fingerprint density at radius 1 is 1.50 bits per heavy atom. The third-order valence-corrected chi connectivity index (χ3v) is 3.67. The van der Waals surface area contributed by atoms with Crippen molar-refractivity contribution in [2.45, 2.75) is 44.2 Å². The second kappa shape index (κ2) is 3.88. The Morgan fingerprint density at radius 2 is 2.36 bits per heavy atom. The van der Waals surface area contributed by atoms with E-state index in [4.69, 9.17) is 0 Å². The van der Waals surface area contributed by atoms with Crippen LogP contribution in [-0.4, -0.2) is 36.1 Å². The molecule has 1 N–H and O–H groups in total. The molecule has 2 heterocycles. The van der Waals surface area contributed by atoms with Crippen molar-refractivity contribution in [2.75, 3.05) is 19.6 Å². The molecule has 0 aromatic rings. The van der Waals surface area contributed by atoms with Crippen molar-refractivity contribution in [3.05, 3.63) is 0 Å². The van der Waals surface area contributed by atoms with Gasteiger partial charge in [-0.2, -0.15) is 5.26 Å². The smallest absolute Gasteiger partial charge is 0.123 e. The molecule has 0 amide bonds. The molecule has 3 nitrogen and oxygen atoms in total. The fourth-order valence-electron chi connectivity index (χ4n) is 2.99. The molecule has 2 aliphatic rings. The number of fused-ring (bicyclic) bond motifs is 1. The Bertz CT molecular complexity index is 245. The lowest BCUT2D eigenvalue weighted by molar-refractivity contribution is 0.161. The number of nitriles is 1. The molecule has 78 valence electrons. The molecule has 0 aromatic carbocycles. The normalized spacial score (nSPS) is 37.9. The summed E-state index contributed by atoms with van der Waals surface area (Å²) < 4.78 is 0. The molecule has 2 fully saturated rings. The first-order valence-electron chi connectivity index (χ1n) is 5.73. The van der Waals surface area contributed by atoms with Crippen molar-refractivity contribution in [2.24, 2.45) is 0 Å². The summed E-state index contributed by atoms with van der Waals surface area (Å²) in [5.41, 5.74) is -0.241. The van der Waals surface area contributed by atoms with Gasteiger partial charge in [0.05, 0.1) is 6.07 Å². The second-order valence-corrected chi connectivity index (χ2v) is 4.41. The minimum absolute atomic E-state index is 0.241. The summed E-state index contributed by atoms with van der Waals surface area (Å²) in [4.78, 5) is 2.50. The van der Waals surface area contributed by atoms with Gasteiger partial charge in [-0.3, -0.25) is 10.2 Å². The minimum Gasteiger partial charge on any atom is -0.298 e. The van der Waals surface area contributed by atoms with E-state index >= 15 is 0 Å². The molecule has 2 unspecified atom stereocenters. The first-order valence-corrected chi connectivity index (χ1v) is 5.73. The minimum atomic E-state index is -0.241. The van der Waals surface area contributed by atoms with Gasteiger partial charge in [0.15, 0.2) is 0 Å². The Kier molecular flexibility index (Phi) is 2.76. The van der Waals surface area contributed by atoms with E-state index in [2.05, 4.69) is 23.2 Å². The molecular weight excluding hydrogens is 174 g/mol. The van der Waals surface area contributed by atoms with Crippen LogP contribution in [0.3, 0.4) is 0 Å². The standard InChI is InChI=1S/C11H19N3/c1-2-13-11(9-12)6-8-14-7-4-3-5-10(11)14/h10,13H,2-8H2,1H3. The van der Waals surface area contributed by atoms with Crippen LogP contribution in [0.25, 0.3) is 0 Å². The molecule has 0 aromatic heterocycles. The number of piperidine rings is 1. The molecule has 0 spiro atoms. The van der Waals surface area contributed by atoms with Gasteiger partial charge in [-0.25, -0.2) is 0 Å². The Hall–Kier alpha value is -0.590. The van der Waals surface area contributed by atoms with E-state index in [0.717, 1.165) is 19.5 Å². The van der Waals surface area contributed by atoms with Crippen LogP contribution in [0.5, 0.6) is 0 Å². The number of likely N-dealkylation sites (N-methyl/N-ethyl adjacent to an activating group) is 1. The molecular formula is C11H19N3. The fourth-order valence-corrected chi connectivity index (χ4v) is 2.99. The van der Waals surface area contributed by atoms with E-state index < -0.39 is 0 Å². The maximum atomic E-state index is 9.35. The number of nitrogens with zero attached hydrogens (tertiary/aromatic N) is 2. The molecule has 0 saturated carbocycles. The molecule has 0 radical (unpaired) electrons. The third-order valence-electron chi connectivity index (χ3n) is 3.67. The van der Waals surface area contributed by atoms with Crippen LogP contribution < -0.4 is 5.32 Å². The average Bonchev–Trinajstić information content (AvgIpc) is 2.59. The summed E-state index contributed by atoms with van der Waals surface area (Å²) in [7, 11) is 0. The molecule has 3 heteroatoms. The largest absolute Gasteiger partial charge is 0.298 e. The van der Waals surface area contributed by atoms with Crippen LogP contribution in [0.4, 0.5) is 0 Å². The van der Waals surface area contributed by atoms with Gasteiger partial charge in [-0.05, 0) is 32.4 Å². The van der Waals surface area contributed by atoms with Crippen molar-refractivity contribution in [3.8, 4) is 6.07 Å². The topological polar surface area (TPSA) is 39.1 Å². The van der Waals surface area contributed by atoms with Gasteiger partial charge >= 0.3 is 0 Å². The van der Waals surface area contributed by atoms with Gasteiger partial charge in [-0.15, -0.1) is 0 Å². The van der Waals surface area contributed by atoms with Crippen molar-refractivity contribution in [1.82, 2.24) is 10.2 Å². The number of hydrogen-bond donors (Lipinski definition) is 1. The van der Waals surface area contributed by atoms with Gasteiger partial charge in [0.2, 0.25) is 0 Å². The molecule has 2 atom stereocenters. The van der Waals surface area contributed by atoms with Gasteiger partial charge in [0, 0.05) is 12.6 Å². The predicted molar refractivity (Wildman–Crippen MR) is 55.8 cm³/mol. The lowest BCUT2D eigenvalue weighted by atomic mass is 9.87. The van der Waals surface area contributed by atoms with Crippen molar-refractivity contribution < 1.29 is 0 Å². The zero-order valence-corrected chi connectivity index (χ0v) is 8.92. The summed E-state index contributed by atoms with van der Waals surface area (Å²) in [6.07, 6.45) is 4.79. The maximum Gasteiger partial charge on any atom is 0.123 e. The van der Waals surface area contributed by atoms with Crippen molar-refractivity contribution >= 4 is 0 Å². The quantitative estimate of drug-likeness (QED) is 0.714. The summed E-state index contributed by atoms with van der Waals surface area (Å²) in [5.74, 6) is 0. The van der Waals surface area contributed by atoms with E-state index in [1.165, 1.54) is 25.8 Å². The summed E-state index contributed by atoms with van der Waals surface area (Å²) in [5, 5.41) is 12.8. The van der Waals surface area contributed by atoms with E-state index in [-0.39, 0.29) is 5.54 Å². The van der Waals surface area contributed by atoms with Crippen LogP contribution in [0.15, 0.2) is 0 Å². The van der Waals surface area contributed by atoms with Crippen LogP contribution in [-0.2, 0) is 0 Å². The molecule has 0 bridgehead atoms. The second-order valence-electron chi connectivity index (χ2n) is 4.41. The summed E-state index contributed by atoms with van der Waals surface area (Å²) in [6, 6.07) is 3.00. The van der Waals surface area contributed by atoms with Crippen LogP contribution >= 0.6 is 0 Å². The molecule has 2 aliphatic heterocycles. The van der Waals surface area contributed by atoms with Gasteiger partial charge in [0.25, 0.3) is 0 Å². The third kappa shape index (κ3) is 1.43. The lowest BCUT2D eigenvalue weighted by Gasteiger charge is -2.36. The Labute approximate surface area is 86.1 Å². The number of hydrogen-bond acceptors (Lipinski definition) is 3. The predicted octanol–water partition coefficient (Wildman–Crippen LogP) is 1.12. The molecule has 2 rings (SSSR count). The van der Waals surface area contributed by atoms with Crippen LogP contribution in [0, 0.1) is 11.3 Å². The van der Waals surface area contributed by atoms with Crippen molar-refractivity contribution in [1.29, 1.82) is 5.26 Å². The number of rotatable bonds is 2. The Balaban J connectivity index is 2.15. The van der Waals surface area contributed by atoms with Gasteiger partial charge in [-0.1, -0.05) is 13.3 Å². The summed E-state index contributed by atoms with van der Waals surface area (Å²) in [6.45, 7) is 5.28. The lowest BCUT2D eigenvalue weighted by Crippen LogP contribution is -2.54. The first kappa shape index (κ1) is 9.95. The molecule has 2 saturated heterocycles. The molecule has 0 aliphatic carbocycles. The zero-order valence-electron chi connectivity index (χ0n) is 8.92.